The number of benzene rings is 4. The van der Waals surface area contributed by atoms with E-state index in [2.05, 4.69) is 115 Å². The second-order valence-electron chi connectivity index (χ2n) is 8.08. The van der Waals surface area contributed by atoms with Crippen LogP contribution in [-0.2, 0) is 6.16 Å². The molecule has 0 aromatic heterocycles. The third-order valence-electron chi connectivity index (χ3n) is 6.05. The molecule has 0 aliphatic carbocycles. The highest BCUT2D eigenvalue weighted by Gasteiger charge is 2.45. The van der Waals surface area contributed by atoms with Crippen LogP contribution in [0.5, 0.6) is 0 Å². The lowest BCUT2D eigenvalue weighted by atomic mass is 10.2. The molecule has 3 nitrogen and oxygen atoms in total. The van der Waals surface area contributed by atoms with E-state index in [1.807, 2.05) is 4.90 Å². The van der Waals surface area contributed by atoms with E-state index in [-0.39, 0.29) is 13.2 Å². The maximum Gasteiger partial charge on any atom is 0.116 e. The van der Waals surface area contributed by atoms with Crippen LogP contribution in [0.15, 0.2) is 115 Å². The summed E-state index contributed by atoms with van der Waals surface area (Å²) in [7, 11) is -1.93. The molecular formula is C29H31NO2P+. The Morgan fingerprint density at radius 3 is 1.27 bits per heavy atom. The fourth-order valence-electron chi connectivity index (χ4n) is 4.47. The van der Waals surface area contributed by atoms with Gasteiger partial charge in [-0.2, -0.15) is 0 Å². The van der Waals surface area contributed by atoms with Gasteiger partial charge in [-0.05, 0) is 54.1 Å². The topological polar surface area (TPSA) is 43.7 Å². The van der Waals surface area contributed by atoms with Crippen LogP contribution in [0.4, 0.5) is 5.69 Å². The Hall–Kier alpha value is -2.97. The molecule has 2 N–H and O–H groups in total. The second kappa shape index (κ2) is 11.2. The van der Waals surface area contributed by atoms with Crippen LogP contribution in [0, 0.1) is 0 Å². The number of aliphatic hydroxyl groups is 2. The molecule has 4 rings (SSSR count). The van der Waals surface area contributed by atoms with Gasteiger partial charge in [-0.15, -0.1) is 0 Å². The molecule has 4 aromatic carbocycles. The maximum atomic E-state index is 9.39. The van der Waals surface area contributed by atoms with E-state index in [0.29, 0.717) is 13.1 Å². The van der Waals surface area contributed by atoms with Gasteiger partial charge in [-0.1, -0.05) is 66.7 Å². The van der Waals surface area contributed by atoms with E-state index >= 15 is 0 Å². The molecular weight excluding hydrogens is 425 g/mol. The van der Waals surface area contributed by atoms with Crippen LogP contribution in [0.2, 0.25) is 0 Å². The fraction of sp³-hybridized carbons (Fsp3) is 0.172. The van der Waals surface area contributed by atoms with Gasteiger partial charge in [-0.3, -0.25) is 0 Å². The minimum atomic E-state index is -1.93. The Kier molecular flexibility index (Phi) is 7.91. The van der Waals surface area contributed by atoms with Gasteiger partial charge in [0.15, 0.2) is 0 Å². The number of hydrogen-bond donors (Lipinski definition) is 2. The number of anilines is 1. The lowest BCUT2D eigenvalue weighted by Gasteiger charge is -2.28. The molecule has 0 amide bonds. The monoisotopic (exact) mass is 456 g/mol. The first-order chi connectivity index (χ1) is 16.3. The SMILES string of the molecule is OCCN(CCO)c1ccc(C[P+](c2ccccc2)(c2ccccc2)c2ccccc2)cc1. The Labute approximate surface area is 197 Å². The van der Waals surface area contributed by atoms with Crippen molar-refractivity contribution in [2.75, 3.05) is 31.2 Å². The molecule has 0 heterocycles. The summed E-state index contributed by atoms with van der Waals surface area (Å²) in [6.07, 6.45) is 0.922. The molecule has 0 spiro atoms. The predicted molar refractivity (Wildman–Crippen MR) is 142 cm³/mol. The van der Waals surface area contributed by atoms with Crippen molar-refractivity contribution in [3.8, 4) is 0 Å². The zero-order valence-electron chi connectivity index (χ0n) is 18.8. The van der Waals surface area contributed by atoms with Crippen molar-refractivity contribution in [2.24, 2.45) is 0 Å². The number of hydrogen-bond acceptors (Lipinski definition) is 3. The summed E-state index contributed by atoms with van der Waals surface area (Å²) < 4.78 is 0. The zero-order chi connectivity index (χ0) is 22.9. The molecule has 33 heavy (non-hydrogen) atoms. The molecule has 0 aliphatic rings. The number of aliphatic hydroxyl groups excluding tert-OH is 2. The number of rotatable bonds is 10. The highest BCUT2D eigenvalue weighted by atomic mass is 31.2. The van der Waals surface area contributed by atoms with Crippen LogP contribution in [0.3, 0.4) is 0 Å². The summed E-state index contributed by atoms with van der Waals surface area (Å²) in [5.41, 5.74) is 2.29. The van der Waals surface area contributed by atoms with E-state index in [1.54, 1.807) is 0 Å². The Balaban J connectivity index is 1.81. The van der Waals surface area contributed by atoms with Gasteiger partial charge >= 0.3 is 0 Å². The second-order valence-corrected chi connectivity index (χ2v) is 11.6. The van der Waals surface area contributed by atoms with Crippen molar-refractivity contribution in [2.45, 2.75) is 6.16 Å². The van der Waals surface area contributed by atoms with Crippen LogP contribution in [0.1, 0.15) is 5.56 Å². The first-order valence-corrected chi connectivity index (χ1v) is 13.4. The summed E-state index contributed by atoms with van der Waals surface area (Å²) in [5, 5.41) is 22.9. The van der Waals surface area contributed by atoms with Crippen LogP contribution < -0.4 is 20.8 Å². The summed E-state index contributed by atoms with van der Waals surface area (Å²) in [6.45, 7) is 1.14. The Bertz CT molecular complexity index is 1000. The smallest absolute Gasteiger partial charge is 0.116 e. The van der Waals surface area contributed by atoms with Gasteiger partial charge in [0.25, 0.3) is 0 Å². The average molecular weight is 457 g/mol. The third kappa shape index (κ3) is 5.17. The Morgan fingerprint density at radius 2 is 0.909 bits per heavy atom. The predicted octanol–water partition coefficient (Wildman–Crippen LogP) is 3.97. The van der Waals surface area contributed by atoms with E-state index in [4.69, 9.17) is 0 Å². The van der Waals surface area contributed by atoms with E-state index in [0.717, 1.165) is 11.8 Å². The van der Waals surface area contributed by atoms with E-state index < -0.39 is 7.26 Å². The molecule has 0 bridgehead atoms. The van der Waals surface area contributed by atoms with E-state index in [9.17, 15) is 10.2 Å². The van der Waals surface area contributed by atoms with Gasteiger partial charge in [0.2, 0.25) is 0 Å². The van der Waals surface area contributed by atoms with Gasteiger partial charge in [0.1, 0.15) is 23.2 Å². The minimum absolute atomic E-state index is 0.0619. The molecule has 0 saturated carbocycles. The van der Waals surface area contributed by atoms with Crippen molar-refractivity contribution in [1.29, 1.82) is 0 Å². The first-order valence-electron chi connectivity index (χ1n) is 11.4. The fourth-order valence-corrected chi connectivity index (χ4v) is 8.71. The molecule has 4 heteroatoms. The Morgan fingerprint density at radius 1 is 0.515 bits per heavy atom. The summed E-state index contributed by atoms with van der Waals surface area (Å²) in [5.74, 6) is 0. The van der Waals surface area contributed by atoms with Crippen LogP contribution >= 0.6 is 7.26 Å². The van der Waals surface area contributed by atoms with Gasteiger partial charge < -0.3 is 15.1 Å². The maximum absolute atomic E-state index is 9.39. The molecule has 0 unspecified atom stereocenters. The zero-order valence-corrected chi connectivity index (χ0v) is 19.7. The van der Waals surface area contributed by atoms with Gasteiger partial charge in [0, 0.05) is 18.8 Å². The molecule has 0 radical (unpaired) electrons. The quantitative estimate of drug-likeness (QED) is 0.355. The molecule has 0 saturated heterocycles. The lowest BCUT2D eigenvalue weighted by Crippen LogP contribution is -2.32. The molecule has 168 valence electrons. The largest absolute Gasteiger partial charge is 0.395 e. The molecule has 0 aliphatic heterocycles. The lowest BCUT2D eigenvalue weighted by molar-refractivity contribution is 0.281. The average Bonchev–Trinajstić information content (AvgIpc) is 2.89. The molecule has 0 fully saturated rings. The van der Waals surface area contributed by atoms with Gasteiger partial charge in [-0.25, -0.2) is 0 Å². The summed E-state index contributed by atoms with van der Waals surface area (Å²) >= 11 is 0. The van der Waals surface area contributed by atoms with Crippen molar-refractivity contribution in [1.82, 2.24) is 0 Å². The van der Waals surface area contributed by atoms with E-state index in [1.165, 1.54) is 21.5 Å². The highest BCUT2D eigenvalue weighted by molar-refractivity contribution is 7.95. The molecule has 4 aromatic rings. The summed E-state index contributed by atoms with van der Waals surface area (Å²) in [6, 6.07) is 41.3. The standard InChI is InChI=1S/C29H31NO2P/c31-22-20-30(21-23-32)26-18-16-25(17-19-26)24-33(27-10-4-1-5-11-27,28-12-6-2-7-13-28)29-14-8-3-9-15-29/h1-19,31-32H,20-24H2/q+1. The molecule has 0 atom stereocenters. The van der Waals surface area contributed by atoms with Crippen molar-refractivity contribution >= 4 is 28.9 Å². The highest BCUT2D eigenvalue weighted by Crippen LogP contribution is 2.58. The summed E-state index contributed by atoms with van der Waals surface area (Å²) in [4.78, 5) is 2.01. The van der Waals surface area contributed by atoms with Crippen molar-refractivity contribution in [3.63, 3.8) is 0 Å². The third-order valence-corrected chi connectivity index (χ3v) is 10.4. The van der Waals surface area contributed by atoms with Crippen LogP contribution in [0.25, 0.3) is 0 Å². The normalized spacial score (nSPS) is 11.3. The minimum Gasteiger partial charge on any atom is -0.395 e. The van der Waals surface area contributed by atoms with Crippen molar-refractivity contribution < 1.29 is 10.2 Å². The van der Waals surface area contributed by atoms with Crippen molar-refractivity contribution in [3.05, 3.63) is 121 Å². The first kappa shape index (κ1) is 23.2. The number of nitrogens with zero attached hydrogens (tertiary/aromatic N) is 1. The van der Waals surface area contributed by atoms with Gasteiger partial charge in [0.05, 0.1) is 19.4 Å². The van der Waals surface area contributed by atoms with Crippen LogP contribution in [-0.4, -0.2) is 36.5 Å².